The molecule has 1 aliphatic carbocycles. The van der Waals surface area contributed by atoms with E-state index in [0.29, 0.717) is 11.4 Å². The molecular formula is C12H15ClFN. The number of hydrogen-bond acceptors (Lipinski definition) is 1. The highest BCUT2D eigenvalue weighted by Gasteiger charge is 2.24. The highest BCUT2D eigenvalue weighted by atomic mass is 35.5. The molecule has 0 radical (unpaired) electrons. The average molecular weight is 228 g/mol. The highest BCUT2D eigenvalue weighted by Crippen LogP contribution is 2.34. The van der Waals surface area contributed by atoms with Gasteiger partial charge >= 0.3 is 0 Å². The number of halogens is 2. The van der Waals surface area contributed by atoms with E-state index in [0.717, 1.165) is 17.9 Å². The molecule has 2 rings (SSSR count). The van der Waals surface area contributed by atoms with E-state index in [-0.39, 0.29) is 11.9 Å². The van der Waals surface area contributed by atoms with E-state index in [4.69, 9.17) is 17.3 Å². The fraction of sp³-hybridized carbons (Fsp3) is 0.500. The predicted octanol–water partition coefficient (Wildman–Crippen LogP) is 3.15. The molecule has 1 aromatic carbocycles. The van der Waals surface area contributed by atoms with Gasteiger partial charge in [0, 0.05) is 11.1 Å². The number of rotatable bonds is 4. The second-order valence-electron chi connectivity index (χ2n) is 4.38. The van der Waals surface area contributed by atoms with E-state index < -0.39 is 0 Å². The largest absolute Gasteiger partial charge is 0.327 e. The van der Waals surface area contributed by atoms with Crippen LogP contribution >= 0.6 is 11.6 Å². The van der Waals surface area contributed by atoms with Gasteiger partial charge in [0.1, 0.15) is 5.82 Å². The van der Waals surface area contributed by atoms with Crippen LogP contribution in [0.4, 0.5) is 4.39 Å². The summed E-state index contributed by atoms with van der Waals surface area (Å²) in [6, 6.07) is 4.56. The van der Waals surface area contributed by atoms with Crippen molar-refractivity contribution in [2.24, 2.45) is 11.7 Å². The molecule has 1 saturated carbocycles. The first-order valence-corrected chi connectivity index (χ1v) is 5.72. The maximum absolute atomic E-state index is 13.0. The topological polar surface area (TPSA) is 26.0 Å². The third-order valence-electron chi connectivity index (χ3n) is 2.82. The van der Waals surface area contributed by atoms with Crippen molar-refractivity contribution >= 4 is 11.6 Å². The molecular weight excluding hydrogens is 213 g/mol. The van der Waals surface area contributed by atoms with Gasteiger partial charge in [0.2, 0.25) is 0 Å². The molecule has 82 valence electrons. The average Bonchev–Trinajstić information content (AvgIpc) is 2.95. The lowest BCUT2D eigenvalue weighted by molar-refractivity contribution is 0.563. The van der Waals surface area contributed by atoms with Gasteiger partial charge in [0.15, 0.2) is 0 Å². The first-order valence-electron chi connectivity index (χ1n) is 5.34. The third kappa shape index (κ3) is 3.18. The summed E-state index contributed by atoms with van der Waals surface area (Å²) in [4.78, 5) is 0. The van der Waals surface area contributed by atoms with Crippen LogP contribution in [0, 0.1) is 11.7 Å². The minimum atomic E-state index is -0.243. The van der Waals surface area contributed by atoms with Crippen LogP contribution in [0.1, 0.15) is 24.8 Å². The summed E-state index contributed by atoms with van der Waals surface area (Å²) < 4.78 is 13.0. The minimum absolute atomic E-state index is 0.108. The van der Waals surface area contributed by atoms with Gasteiger partial charge in [-0.15, -0.1) is 0 Å². The molecule has 1 aromatic rings. The van der Waals surface area contributed by atoms with Crippen LogP contribution in [0.25, 0.3) is 0 Å². The van der Waals surface area contributed by atoms with Crippen molar-refractivity contribution in [2.45, 2.75) is 31.7 Å². The summed E-state index contributed by atoms with van der Waals surface area (Å²) in [6.07, 6.45) is 4.30. The minimum Gasteiger partial charge on any atom is -0.327 e. The van der Waals surface area contributed by atoms with Crippen LogP contribution in [0.5, 0.6) is 0 Å². The zero-order valence-corrected chi connectivity index (χ0v) is 9.30. The van der Waals surface area contributed by atoms with Crippen LogP contribution in [0.15, 0.2) is 18.2 Å². The Kier molecular flexibility index (Phi) is 3.27. The molecule has 0 aliphatic heterocycles. The first kappa shape index (κ1) is 10.9. The van der Waals surface area contributed by atoms with Crippen molar-refractivity contribution in [2.75, 3.05) is 0 Å². The van der Waals surface area contributed by atoms with Crippen molar-refractivity contribution in [3.8, 4) is 0 Å². The Morgan fingerprint density at radius 3 is 2.87 bits per heavy atom. The van der Waals surface area contributed by atoms with Gasteiger partial charge in [-0.3, -0.25) is 0 Å². The monoisotopic (exact) mass is 227 g/mol. The van der Waals surface area contributed by atoms with E-state index >= 15 is 0 Å². The molecule has 0 bridgehead atoms. The lowest BCUT2D eigenvalue weighted by atomic mass is 10.0. The lowest BCUT2D eigenvalue weighted by Gasteiger charge is -2.12. The van der Waals surface area contributed by atoms with Crippen LogP contribution in [0.2, 0.25) is 5.02 Å². The standard InChI is InChI=1S/C12H15ClFN/c13-12-4-3-10(14)6-9(12)7-11(15)5-8-1-2-8/h3-4,6,8,11H,1-2,5,7,15H2. The lowest BCUT2D eigenvalue weighted by Crippen LogP contribution is -2.23. The molecule has 2 N–H and O–H groups in total. The van der Waals surface area contributed by atoms with E-state index in [1.807, 2.05) is 0 Å². The van der Waals surface area contributed by atoms with Crippen LogP contribution in [-0.4, -0.2) is 6.04 Å². The van der Waals surface area contributed by atoms with Crippen molar-refractivity contribution in [3.05, 3.63) is 34.6 Å². The third-order valence-corrected chi connectivity index (χ3v) is 3.19. The van der Waals surface area contributed by atoms with E-state index in [9.17, 15) is 4.39 Å². The van der Waals surface area contributed by atoms with Crippen LogP contribution in [-0.2, 0) is 6.42 Å². The summed E-state index contributed by atoms with van der Waals surface area (Å²) in [7, 11) is 0. The Balaban J connectivity index is 1.98. The smallest absolute Gasteiger partial charge is 0.123 e. The fourth-order valence-corrected chi connectivity index (χ4v) is 2.04. The van der Waals surface area contributed by atoms with Crippen molar-refractivity contribution in [1.82, 2.24) is 0 Å². The van der Waals surface area contributed by atoms with E-state index in [1.165, 1.54) is 25.0 Å². The van der Waals surface area contributed by atoms with Gasteiger partial charge in [0.25, 0.3) is 0 Å². The van der Waals surface area contributed by atoms with Gasteiger partial charge in [-0.05, 0) is 42.5 Å². The zero-order chi connectivity index (χ0) is 10.8. The fourth-order valence-electron chi connectivity index (χ4n) is 1.85. The van der Waals surface area contributed by atoms with Crippen molar-refractivity contribution < 1.29 is 4.39 Å². The summed E-state index contributed by atoms with van der Waals surface area (Å²) in [5.41, 5.74) is 6.81. The molecule has 0 saturated heterocycles. The SMILES string of the molecule is NC(Cc1cc(F)ccc1Cl)CC1CC1. The Labute approximate surface area is 94.4 Å². The zero-order valence-electron chi connectivity index (χ0n) is 8.55. The Hall–Kier alpha value is -0.600. The van der Waals surface area contributed by atoms with Gasteiger partial charge in [-0.2, -0.15) is 0 Å². The summed E-state index contributed by atoms with van der Waals surface area (Å²) in [5, 5.41) is 0.614. The maximum atomic E-state index is 13.0. The van der Waals surface area contributed by atoms with Gasteiger partial charge in [-0.1, -0.05) is 24.4 Å². The van der Waals surface area contributed by atoms with Gasteiger partial charge < -0.3 is 5.73 Å². The van der Waals surface area contributed by atoms with Crippen LogP contribution < -0.4 is 5.73 Å². The maximum Gasteiger partial charge on any atom is 0.123 e. The number of nitrogens with two attached hydrogens (primary N) is 1. The molecule has 15 heavy (non-hydrogen) atoms. The summed E-state index contributed by atoms with van der Waals surface area (Å²) in [5.74, 6) is 0.556. The summed E-state index contributed by atoms with van der Waals surface area (Å²) in [6.45, 7) is 0. The molecule has 1 fully saturated rings. The molecule has 0 amide bonds. The Morgan fingerprint density at radius 2 is 2.20 bits per heavy atom. The highest BCUT2D eigenvalue weighted by molar-refractivity contribution is 6.31. The summed E-state index contributed by atoms with van der Waals surface area (Å²) >= 11 is 5.97. The predicted molar refractivity (Wildman–Crippen MR) is 60.4 cm³/mol. The molecule has 0 heterocycles. The van der Waals surface area contributed by atoms with E-state index in [2.05, 4.69) is 0 Å². The number of hydrogen-bond donors (Lipinski definition) is 1. The molecule has 1 aliphatic rings. The van der Waals surface area contributed by atoms with Gasteiger partial charge in [-0.25, -0.2) is 4.39 Å². The molecule has 0 spiro atoms. The van der Waals surface area contributed by atoms with Crippen LogP contribution in [0.3, 0.4) is 0 Å². The number of benzene rings is 1. The molecule has 1 nitrogen and oxygen atoms in total. The van der Waals surface area contributed by atoms with Gasteiger partial charge in [0.05, 0.1) is 0 Å². The molecule has 3 heteroatoms. The second-order valence-corrected chi connectivity index (χ2v) is 4.79. The first-order chi connectivity index (χ1) is 7.15. The van der Waals surface area contributed by atoms with Crippen molar-refractivity contribution in [1.29, 1.82) is 0 Å². The normalized spacial score (nSPS) is 17.8. The molecule has 0 aromatic heterocycles. The van der Waals surface area contributed by atoms with Crippen molar-refractivity contribution in [3.63, 3.8) is 0 Å². The Morgan fingerprint density at radius 1 is 1.47 bits per heavy atom. The molecule has 1 unspecified atom stereocenters. The van der Waals surface area contributed by atoms with E-state index in [1.54, 1.807) is 6.07 Å². The quantitative estimate of drug-likeness (QED) is 0.840. The molecule has 1 atom stereocenters. The second kappa shape index (κ2) is 4.50. The Bertz CT molecular complexity index is 349.